The van der Waals surface area contributed by atoms with Gasteiger partial charge in [-0.3, -0.25) is 0 Å². The molecule has 0 bridgehead atoms. The van der Waals surface area contributed by atoms with Gasteiger partial charge in [0.1, 0.15) is 35.8 Å². The van der Waals surface area contributed by atoms with Crippen molar-refractivity contribution in [2.75, 3.05) is 19.5 Å². The molecule has 168 valence electrons. The lowest BCUT2D eigenvalue weighted by atomic mass is 10.1. The van der Waals surface area contributed by atoms with E-state index >= 15 is 0 Å². The monoisotopic (exact) mass is 575 g/mol. The minimum Gasteiger partial charge on any atom is -0.493 e. The fourth-order valence-corrected chi connectivity index (χ4v) is 3.97. The second-order valence-corrected chi connectivity index (χ2v) is 8.39. The summed E-state index contributed by atoms with van der Waals surface area (Å²) in [7, 11) is 1.53. The summed E-state index contributed by atoms with van der Waals surface area (Å²) in [5, 5.41) is 33.3. The number of hydrogen-bond acceptors (Lipinski definition) is 7. The van der Waals surface area contributed by atoms with Gasteiger partial charge in [0.25, 0.3) is 0 Å². The molecule has 33 heavy (non-hydrogen) atoms. The lowest BCUT2D eigenvalue weighted by Crippen LogP contribution is -2.07. The van der Waals surface area contributed by atoms with E-state index in [0.717, 1.165) is 9.13 Å². The van der Waals surface area contributed by atoms with Gasteiger partial charge in [-0.15, -0.1) is 0 Å². The number of aromatic nitrogens is 2. The highest BCUT2D eigenvalue weighted by Gasteiger charge is 2.19. The molecule has 0 radical (unpaired) electrons. The second kappa shape index (κ2) is 11.1. The lowest BCUT2D eigenvalue weighted by Gasteiger charge is -2.14. The molecule has 3 aromatic rings. The van der Waals surface area contributed by atoms with E-state index in [9.17, 15) is 15.6 Å². The summed E-state index contributed by atoms with van der Waals surface area (Å²) in [6.45, 7) is 0.245. The van der Waals surface area contributed by atoms with Crippen molar-refractivity contribution in [3.8, 4) is 23.6 Å². The second-order valence-electron chi connectivity index (χ2n) is 6.79. The molecule has 10 heteroatoms. The SMILES string of the molecule is COc1cc(/C=C(\C#N)c2nn(CCO)c(N)c2C#N)cc(I)c1OCc1ccc(Cl)cc1. The van der Waals surface area contributed by atoms with Gasteiger partial charge in [-0.2, -0.15) is 15.6 Å². The Bertz CT molecular complexity index is 1270. The first kappa shape index (κ1) is 24.4. The molecule has 1 heterocycles. The molecule has 0 aliphatic heterocycles. The molecule has 0 saturated carbocycles. The fraction of sp³-hybridized carbons (Fsp3) is 0.174. The van der Waals surface area contributed by atoms with Crippen LogP contribution in [-0.4, -0.2) is 28.6 Å². The van der Waals surface area contributed by atoms with Gasteiger partial charge >= 0.3 is 0 Å². The predicted octanol–water partition coefficient (Wildman–Crippen LogP) is 4.24. The van der Waals surface area contributed by atoms with E-state index in [1.54, 1.807) is 24.3 Å². The zero-order valence-corrected chi connectivity index (χ0v) is 20.5. The average molecular weight is 576 g/mol. The number of aliphatic hydroxyl groups is 1. The van der Waals surface area contributed by atoms with Crippen molar-refractivity contribution >= 4 is 51.7 Å². The molecule has 2 aromatic carbocycles. The minimum absolute atomic E-state index is 0.0841. The van der Waals surface area contributed by atoms with E-state index in [0.29, 0.717) is 28.7 Å². The Hall–Kier alpha value is -3.25. The van der Waals surface area contributed by atoms with Gasteiger partial charge in [-0.1, -0.05) is 23.7 Å². The first-order valence-electron chi connectivity index (χ1n) is 9.66. The number of ether oxygens (including phenoxy) is 2. The van der Waals surface area contributed by atoms with Crippen LogP contribution in [-0.2, 0) is 13.2 Å². The molecule has 0 spiro atoms. The van der Waals surface area contributed by atoms with Gasteiger partial charge in [0.15, 0.2) is 11.5 Å². The minimum atomic E-state index is -0.200. The number of benzene rings is 2. The van der Waals surface area contributed by atoms with Gasteiger partial charge in [0.05, 0.1) is 29.4 Å². The quantitative estimate of drug-likeness (QED) is 0.304. The van der Waals surface area contributed by atoms with Gasteiger partial charge in [0, 0.05) is 5.02 Å². The highest BCUT2D eigenvalue weighted by Crippen LogP contribution is 2.36. The molecule has 3 rings (SSSR count). The molecule has 0 amide bonds. The number of allylic oxidation sites excluding steroid dienone is 1. The molecule has 0 aliphatic carbocycles. The topological polar surface area (TPSA) is 130 Å². The summed E-state index contributed by atoms with van der Waals surface area (Å²) in [4.78, 5) is 0. The number of nitrogens with two attached hydrogens (primary N) is 1. The van der Waals surface area contributed by atoms with Crippen LogP contribution in [0.2, 0.25) is 5.02 Å². The zero-order valence-electron chi connectivity index (χ0n) is 17.5. The van der Waals surface area contributed by atoms with E-state index < -0.39 is 0 Å². The first-order valence-corrected chi connectivity index (χ1v) is 11.1. The third-order valence-corrected chi connectivity index (χ3v) is 5.70. The molecular weight excluding hydrogens is 557 g/mol. The number of halogens is 2. The maximum atomic E-state index is 9.74. The molecule has 0 fully saturated rings. The standard InChI is InChI=1S/C23H19ClIN5O3/c1-32-20-10-15(9-19(25)22(20)33-13-14-2-4-17(24)5-3-14)8-16(11-26)21-18(12-27)23(28)30(29-21)6-7-31/h2-5,8-10,31H,6-7,13,28H2,1H3/b16-8+. The molecule has 0 saturated heterocycles. The predicted molar refractivity (Wildman–Crippen MR) is 133 cm³/mol. The van der Waals surface area contributed by atoms with Crippen molar-refractivity contribution in [1.29, 1.82) is 10.5 Å². The largest absolute Gasteiger partial charge is 0.493 e. The number of methoxy groups -OCH3 is 1. The highest BCUT2D eigenvalue weighted by atomic mass is 127. The molecule has 0 unspecified atom stereocenters. The van der Waals surface area contributed by atoms with Crippen LogP contribution in [0.5, 0.6) is 11.5 Å². The first-order chi connectivity index (χ1) is 15.9. The van der Waals surface area contributed by atoms with Crippen molar-refractivity contribution < 1.29 is 14.6 Å². The smallest absolute Gasteiger partial charge is 0.174 e. The third-order valence-electron chi connectivity index (χ3n) is 4.65. The third kappa shape index (κ3) is 5.57. The highest BCUT2D eigenvalue weighted by molar-refractivity contribution is 14.1. The van der Waals surface area contributed by atoms with Crippen LogP contribution < -0.4 is 15.2 Å². The summed E-state index contributed by atoms with van der Waals surface area (Å²) < 4.78 is 13.6. The molecular formula is C23H19ClIN5O3. The van der Waals surface area contributed by atoms with Crippen LogP contribution in [0.1, 0.15) is 22.4 Å². The van der Waals surface area contributed by atoms with E-state index in [2.05, 4.69) is 33.8 Å². The van der Waals surface area contributed by atoms with Gasteiger partial charge in [-0.05, 0) is 64.1 Å². The summed E-state index contributed by atoms with van der Waals surface area (Å²) >= 11 is 8.06. The van der Waals surface area contributed by atoms with Crippen LogP contribution in [0, 0.1) is 26.2 Å². The normalized spacial score (nSPS) is 11.0. The maximum absolute atomic E-state index is 9.74. The van der Waals surface area contributed by atoms with Crippen molar-refractivity contribution in [1.82, 2.24) is 9.78 Å². The van der Waals surface area contributed by atoms with Crippen molar-refractivity contribution in [3.05, 3.63) is 67.4 Å². The summed E-state index contributed by atoms with van der Waals surface area (Å²) in [6.07, 6.45) is 1.60. The lowest BCUT2D eigenvalue weighted by molar-refractivity contribution is 0.270. The Morgan fingerprint density at radius 1 is 1.30 bits per heavy atom. The summed E-state index contributed by atoms with van der Waals surface area (Å²) in [5.41, 5.74) is 7.96. The molecule has 0 aliphatic rings. The number of rotatable bonds is 8. The Morgan fingerprint density at radius 2 is 2.03 bits per heavy atom. The number of nitrogens with zero attached hydrogens (tertiary/aromatic N) is 4. The van der Waals surface area contributed by atoms with Crippen LogP contribution in [0.3, 0.4) is 0 Å². The molecule has 1 aromatic heterocycles. The Kier molecular flexibility index (Phi) is 8.17. The van der Waals surface area contributed by atoms with Crippen LogP contribution in [0.15, 0.2) is 36.4 Å². The Morgan fingerprint density at radius 3 is 2.64 bits per heavy atom. The summed E-state index contributed by atoms with van der Waals surface area (Å²) in [5.74, 6) is 1.16. The van der Waals surface area contributed by atoms with Gasteiger partial charge in [0.2, 0.25) is 0 Å². The van der Waals surface area contributed by atoms with Crippen LogP contribution >= 0.6 is 34.2 Å². The Labute approximate surface area is 209 Å². The number of anilines is 1. The van der Waals surface area contributed by atoms with Gasteiger partial charge < -0.3 is 20.3 Å². The number of nitrogen functional groups attached to an aromatic ring is 1. The fourth-order valence-electron chi connectivity index (χ4n) is 3.06. The molecule has 0 atom stereocenters. The molecule has 8 nitrogen and oxygen atoms in total. The average Bonchev–Trinajstić information content (AvgIpc) is 3.12. The van der Waals surface area contributed by atoms with Crippen LogP contribution in [0.25, 0.3) is 11.6 Å². The number of aliphatic hydroxyl groups excluding tert-OH is 1. The molecule has 3 N–H and O–H groups in total. The van der Waals surface area contributed by atoms with Crippen molar-refractivity contribution in [2.24, 2.45) is 0 Å². The zero-order chi connectivity index (χ0) is 24.0. The Balaban J connectivity index is 1.95. The van der Waals surface area contributed by atoms with Crippen molar-refractivity contribution in [2.45, 2.75) is 13.2 Å². The maximum Gasteiger partial charge on any atom is 0.174 e. The number of hydrogen-bond donors (Lipinski definition) is 2. The number of nitriles is 2. The van der Waals surface area contributed by atoms with E-state index in [-0.39, 0.29) is 35.8 Å². The van der Waals surface area contributed by atoms with Crippen LogP contribution in [0.4, 0.5) is 5.82 Å². The summed E-state index contributed by atoms with van der Waals surface area (Å²) in [6, 6.07) is 15.0. The van der Waals surface area contributed by atoms with Gasteiger partial charge in [-0.25, -0.2) is 4.68 Å². The van der Waals surface area contributed by atoms with Crippen molar-refractivity contribution in [3.63, 3.8) is 0 Å². The van der Waals surface area contributed by atoms with E-state index in [1.165, 1.54) is 11.8 Å². The van der Waals surface area contributed by atoms with E-state index in [1.807, 2.05) is 24.3 Å². The van der Waals surface area contributed by atoms with E-state index in [4.69, 9.17) is 26.8 Å².